The van der Waals surface area contributed by atoms with Gasteiger partial charge in [-0.1, -0.05) is 13.8 Å². The molecule has 0 aliphatic rings. The van der Waals surface area contributed by atoms with Gasteiger partial charge in [0.1, 0.15) is 0 Å². The van der Waals surface area contributed by atoms with E-state index in [0.717, 1.165) is 0 Å². The van der Waals surface area contributed by atoms with Crippen LogP contribution in [0.2, 0.25) is 0 Å². The maximum Gasteiger partial charge on any atom is 0.260 e. The number of hydrogen-bond donors (Lipinski definition) is 2. The fourth-order valence-electron chi connectivity index (χ4n) is 1.58. The Morgan fingerprint density at radius 1 is 1.25 bits per heavy atom. The summed E-state index contributed by atoms with van der Waals surface area (Å²) in [6.07, 6.45) is -0.969. The van der Waals surface area contributed by atoms with Gasteiger partial charge in [-0.2, -0.15) is 0 Å². The molecule has 1 unspecified atom stereocenters. The van der Waals surface area contributed by atoms with Crippen LogP contribution in [0.1, 0.15) is 26.3 Å². The monoisotopic (exact) mass is 286 g/mol. The predicted molar refractivity (Wildman–Crippen MR) is 72.5 cm³/mol. The molecule has 1 aromatic rings. The summed E-state index contributed by atoms with van der Waals surface area (Å²) in [5.41, 5.74) is 0.480. The Morgan fingerprint density at radius 2 is 1.80 bits per heavy atom. The van der Waals surface area contributed by atoms with E-state index in [2.05, 4.69) is 10.6 Å². The molecule has 0 bridgehead atoms. The standard InChI is InChI=1S/C14H20F2N2O2/c1-8(2)18-7-10-5-11(15)13(12(16)6-10)20-9(3)14(19)17-4/h5-6,8-9,18H,7H2,1-4H3,(H,17,19). The van der Waals surface area contributed by atoms with Gasteiger partial charge in [0.15, 0.2) is 23.5 Å². The molecule has 1 rings (SSSR count). The van der Waals surface area contributed by atoms with Gasteiger partial charge < -0.3 is 15.4 Å². The number of carbonyl (C=O) groups is 1. The van der Waals surface area contributed by atoms with Crippen molar-refractivity contribution < 1.29 is 18.3 Å². The van der Waals surface area contributed by atoms with Crippen molar-refractivity contribution in [3.63, 3.8) is 0 Å². The molecule has 0 saturated carbocycles. The molecule has 4 nitrogen and oxygen atoms in total. The van der Waals surface area contributed by atoms with E-state index in [9.17, 15) is 13.6 Å². The van der Waals surface area contributed by atoms with Gasteiger partial charge in [0, 0.05) is 19.6 Å². The number of halogens is 2. The molecule has 6 heteroatoms. The second kappa shape index (κ2) is 7.19. The highest BCUT2D eigenvalue weighted by Gasteiger charge is 2.19. The summed E-state index contributed by atoms with van der Waals surface area (Å²) in [4.78, 5) is 11.3. The summed E-state index contributed by atoms with van der Waals surface area (Å²) in [5.74, 6) is -2.62. The Balaban J connectivity index is 2.86. The van der Waals surface area contributed by atoms with Crippen LogP contribution in [0.3, 0.4) is 0 Å². The van der Waals surface area contributed by atoms with Crippen molar-refractivity contribution in [2.45, 2.75) is 39.5 Å². The zero-order valence-electron chi connectivity index (χ0n) is 12.1. The van der Waals surface area contributed by atoms with Gasteiger partial charge >= 0.3 is 0 Å². The Labute approximate surface area is 117 Å². The molecule has 20 heavy (non-hydrogen) atoms. The van der Waals surface area contributed by atoms with Crippen LogP contribution in [-0.2, 0) is 11.3 Å². The number of hydrogen-bond acceptors (Lipinski definition) is 3. The number of ether oxygens (including phenoxy) is 1. The number of nitrogens with one attached hydrogen (secondary N) is 2. The van der Waals surface area contributed by atoms with Crippen LogP contribution >= 0.6 is 0 Å². The molecule has 0 heterocycles. The van der Waals surface area contributed by atoms with Crippen LogP contribution in [0.25, 0.3) is 0 Å². The zero-order chi connectivity index (χ0) is 15.3. The third-order valence-corrected chi connectivity index (χ3v) is 2.68. The van der Waals surface area contributed by atoms with Gasteiger partial charge in [-0.3, -0.25) is 4.79 Å². The normalized spacial score (nSPS) is 12.3. The fourth-order valence-corrected chi connectivity index (χ4v) is 1.58. The second-order valence-corrected chi connectivity index (χ2v) is 4.80. The minimum absolute atomic E-state index is 0.213. The van der Waals surface area contributed by atoms with E-state index in [1.807, 2.05) is 13.8 Å². The first-order chi connectivity index (χ1) is 9.35. The average Bonchev–Trinajstić information content (AvgIpc) is 2.39. The van der Waals surface area contributed by atoms with E-state index < -0.39 is 29.4 Å². The van der Waals surface area contributed by atoms with E-state index in [4.69, 9.17) is 4.74 Å². The minimum Gasteiger partial charge on any atom is -0.475 e. The summed E-state index contributed by atoms with van der Waals surface area (Å²) >= 11 is 0. The van der Waals surface area contributed by atoms with E-state index in [0.29, 0.717) is 12.1 Å². The van der Waals surface area contributed by atoms with E-state index in [1.165, 1.54) is 26.1 Å². The first-order valence-electron chi connectivity index (χ1n) is 6.44. The molecule has 1 amide bonds. The van der Waals surface area contributed by atoms with Crippen molar-refractivity contribution in [2.75, 3.05) is 7.05 Å². The van der Waals surface area contributed by atoms with Crippen molar-refractivity contribution in [3.8, 4) is 5.75 Å². The molecular weight excluding hydrogens is 266 g/mol. The van der Waals surface area contributed by atoms with Crippen LogP contribution in [0.4, 0.5) is 8.78 Å². The second-order valence-electron chi connectivity index (χ2n) is 4.80. The largest absolute Gasteiger partial charge is 0.475 e. The number of carbonyl (C=O) groups excluding carboxylic acids is 1. The number of benzene rings is 1. The quantitative estimate of drug-likeness (QED) is 0.840. The van der Waals surface area contributed by atoms with E-state index >= 15 is 0 Å². The molecule has 0 aliphatic heterocycles. The summed E-state index contributed by atoms with van der Waals surface area (Å²) in [5, 5.41) is 5.41. The topological polar surface area (TPSA) is 50.4 Å². The predicted octanol–water partition coefficient (Wildman–Crippen LogP) is 1.98. The molecule has 0 spiro atoms. The van der Waals surface area contributed by atoms with Crippen molar-refractivity contribution in [1.82, 2.24) is 10.6 Å². The van der Waals surface area contributed by atoms with Crippen molar-refractivity contribution >= 4 is 5.91 Å². The fraction of sp³-hybridized carbons (Fsp3) is 0.500. The average molecular weight is 286 g/mol. The van der Waals surface area contributed by atoms with E-state index in [-0.39, 0.29) is 6.04 Å². The summed E-state index contributed by atoms with van der Waals surface area (Å²) < 4.78 is 32.7. The Morgan fingerprint density at radius 3 is 2.25 bits per heavy atom. The molecule has 0 aliphatic carbocycles. The summed E-state index contributed by atoms with van der Waals surface area (Å²) in [6.45, 7) is 5.66. The van der Waals surface area contributed by atoms with Gasteiger partial charge in [-0.15, -0.1) is 0 Å². The van der Waals surface area contributed by atoms with Crippen LogP contribution in [0.15, 0.2) is 12.1 Å². The Bertz CT molecular complexity index is 455. The van der Waals surface area contributed by atoms with Crippen LogP contribution in [0.5, 0.6) is 5.75 Å². The van der Waals surface area contributed by atoms with Gasteiger partial charge in [-0.05, 0) is 24.6 Å². The third-order valence-electron chi connectivity index (χ3n) is 2.68. The molecule has 1 atom stereocenters. The van der Waals surface area contributed by atoms with E-state index in [1.54, 1.807) is 0 Å². The van der Waals surface area contributed by atoms with Gasteiger partial charge in [0.2, 0.25) is 0 Å². The highest BCUT2D eigenvalue weighted by Crippen LogP contribution is 2.24. The first-order valence-corrected chi connectivity index (χ1v) is 6.44. The smallest absolute Gasteiger partial charge is 0.260 e. The lowest BCUT2D eigenvalue weighted by molar-refractivity contribution is -0.126. The van der Waals surface area contributed by atoms with Crippen LogP contribution in [0, 0.1) is 11.6 Å². The molecule has 112 valence electrons. The number of amides is 1. The molecule has 0 saturated heterocycles. The molecular formula is C14H20F2N2O2. The lowest BCUT2D eigenvalue weighted by Crippen LogP contribution is -2.34. The third kappa shape index (κ3) is 4.45. The zero-order valence-corrected chi connectivity index (χ0v) is 12.1. The van der Waals surface area contributed by atoms with Crippen LogP contribution < -0.4 is 15.4 Å². The molecule has 2 N–H and O–H groups in total. The highest BCUT2D eigenvalue weighted by atomic mass is 19.1. The summed E-state index contributed by atoms with van der Waals surface area (Å²) in [7, 11) is 1.43. The van der Waals surface area contributed by atoms with Crippen molar-refractivity contribution in [3.05, 3.63) is 29.3 Å². The number of likely N-dealkylation sites (N-methyl/N-ethyl adjacent to an activating group) is 1. The van der Waals surface area contributed by atoms with Gasteiger partial charge in [-0.25, -0.2) is 8.78 Å². The molecule has 0 aromatic heterocycles. The highest BCUT2D eigenvalue weighted by molar-refractivity contribution is 5.80. The SMILES string of the molecule is CNC(=O)C(C)Oc1c(F)cc(CNC(C)C)cc1F. The maximum atomic E-state index is 13.8. The Kier molecular flexibility index (Phi) is 5.88. The van der Waals surface area contributed by atoms with Gasteiger partial charge in [0.25, 0.3) is 5.91 Å². The van der Waals surface area contributed by atoms with Crippen molar-refractivity contribution in [2.24, 2.45) is 0 Å². The molecule has 0 fully saturated rings. The lowest BCUT2D eigenvalue weighted by Gasteiger charge is -2.15. The number of rotatable bonds is 6. The summed E-state index contributed by atoms with van der Waals surface area (Å²) in [6, 6.07) is 2.61. The minimum atomic E-state index is -0.969. The Hall–Kier alpha value is -1.69. The van der Waals surface area contributed by atoms with Crippen LogP contribution in [-0.4, -0.2) is 25.1 Å². The first kappa shape index (κ1) is 16.4. The lowest BCUT2D eigenvalue weighted by atomic mass is 10.2. The van der Waals surface area contributed by atoms with Crippen molar-refractivity contribution in [1.29, 1.82) is 0 Å². The molecule has 0 radical (unpaired) electrons. The maximum absolute atomic E-state index is 13.8. The molecule has 1 aromatic carbocycles. The van der Waals surface area contributed by atoms with Gasteiger partial charge in [0.05, 0.1) is 0 Å².